The summed E-state index contributed by atoms with van der Waals surface area (Å²) in [6.45, 7) is 0. The van der Waals surface area contributed by atoms with Crippen LogP contribution >= 0.6 is 15.9 Å². The largest absolute Gasteiger partial charge is 0.481 e. The zero-order chi connectivity index (χ0) is 11.0. The number of carboxylic acid groups (broad SMARTS) is 1. The van der Waals surface area contributed by atoms with Crippen LogP contribution in [0.5, 0.6) is 0 Å². The molecule has 0 atom stereocenters. The molecule has 0 aliphatic heterocycles. The van der Waals surface area contributed by atoms with Gasteiger partial charge in [0.05, 0.1) is 17.5 Å². The number of halogens is 2. The van der Waals surface area contributed by atoms with Crippen LogP contribution in [0.15, 0.2) is 16.6 Å². The van der Waals surface area contributed by atoms with Gasteiger partial charge >= 0.3 is 5.97 Å². The minimum Gasteiger partial charge on any atom is -0.481 e. The molecule has 0 fully saturated rings. The quantitative estimate of drug-likeness (QED) is 0.880. The Labute approximate surface area is 92.3 Å². The molecule has 0 amide bonds. The lowest BCUT2D eigenvalue weighted by atomic mass is 10.1. The van der Waals surface area contributed by atoms with E-state index in [0.717, 1.165) is 0 Å². The predicted octanol–water partition coefficient (Wildman–Crippen LogP) is 2.09. The van der Waals surface area contributed by atoms with Gasteiger partial charge in [0.25, 0.3) is 6.08 Å². The van der Waals surface area contributed by atoms with Crippen LogP contribution in [0.4, 0.5) is 4.39 Å². The van der Waals surface area contributed by atoms with Crippen molar-refractivity contribution in [3.8, 4) is 0 Å². The second kappa shape index (κ2) is 3.62. The highest BCUT2D eigenvalue weighted by Gasteiger charge is 2.13. The van der Waals surface area contributed by atoms with Crippen molar-refractivity contribution in [1.82, 2.24) is 9.97 Å². The molecule has 15 heavy (non-hydrogen) atoms. The third-order valence-corrected chi connectivity index (χ3v) is 2.74. The predicted molar refractivity (Wildman–Crippen MR) is 55.1 cm³/mol. The van der Waals surface area contributed by atoms with E-state index in [1.54, 1.807) is 12.1 Å². The zero-order valence-corrected chi connectivity index (χ0v) is 9.01. The van der Waals surface area contributed by atoms with Gasteiger partial charge < -0.3 is 10.1 Å². The second-order valence-electron chi connectivity index (χ2n) is 3.02. The lowest BCUT2D eigenvalue weighted by Crippen LogP contribution is -2.01. The molecule has 1 aromatic carbocycles. The standard InChI is InChI=1S/C9H6BrFN2O2/c10-5-1-2-6-8(13-9(11)12-6)4(5)3-7(14)15/h1-2H,3H2,(H,12,13)(H,14,15). The van der Waals surface area contributed by atoms with Crippen LogP contribution < -0.4 is 0 Å². The van der Waals surface area contributed by atoms with Gasteiger partial charge in [-0.15, -0.1) is 0 Å². The summed E-state index contributed by atoms with van der Waals surface area (Å²) >= 11 is 3.22. The molecule has 0 saturated carbocycles. The molecule has 0 spiro atoms. The second-order valence-corrected chi connectivity index (χ2v) is 3.87. The summed E-state index contributed by atoms with van der Waals surface area (Å²) in [4.78, 5) is 16.6. The van der Waals surface area contributed by atoms with Gasteiger partial charge in [-0.3, -0.25) is 4.79 Å². The summed E-state index contributed by atoms with van der Waals surface area (Å²) in [6, 6.07) is 3.30. The smallest absolute Gasteiger partial charge is 0.307 e. The summed E-state index contributed by atoms with van der Waals surface area (Å²) in [7, 11) is 0. The number of benzene rings is 1. The number of imidazole rings is 1. The van der Waals surface area contributed by atoms with Gasteiger partial charge in [-0.2, -0.15) is 4.39 Å². The average molecular weight is 273 g/mol. The number of hydrogen-bond donors (Lipinski definition) is 2. The van der Waals surface area contributed by atoms with Gasteiger partial charge in [-0.25, -0.2) is 4.98 Å². The molecule has 2 rings (SSSR count). The first kappa shape index (κ1) is 10.1. The number of rotatable bonds is 2. The van der Waals surface area contributed by atoms with E-state index in [4.69, 9.17) is 5.11 Å². The van der Waals surface area contributed by atoms with Crippen molar-refractivity contribution >= 4 is 32.9 Å². The monoisotopic (exact) mass is 272 g/mol. The molecule has 78 valence electrons. The highest BCUT2D eigenvalue weighted by atomic mass is 79.9. The first-order valence-corrected chi connectivity index (χ1v) is 4.91. The van der Waals surface area contributed by atoms with Crippen molar-refractivity contribution in [1.29, 1.82) is 0 Å². The Morgan fingerprint density at radius 2 is 2.33 bits per heavy atom. The molecule has 0 radical (unpaired) electrons. The number of nitrogens with zero attached hydrogens (tertiary/aromatic N) is 1. The fourth-order valence-corrected chi connectivity index (χ4v) is 1.86. The maximum absolute atomic E-state index is 12.8. The number of aromatic amines is 1. The molecule has 4 nitrogen and oxygen atoms in total. The molecule has 1 heterocycles. The highest BCUT2D eigenvalue weighted by Crippen LogP contribution is 2.25. The van der Waals surface area contributed by atoms with Gasteiger partial charge in [-0.05, 0) is 12.1 Å². The highest BCUT2D eigenvalue weighted by molar-refractivity contribution is 9.10. The first-order chi connectivity index (χ1) is 7.08. The summed E-state index contributed by atoms with van der Waals surface area (Å²) < 4.78 is 13.5. The van der Waals surface area contributed by atoms with Crippen LogP contribution in [0.2, 0.25) is 0 Å². The van der Waals surface area contributed by atoms with Crippen molar-refractivity contribution in [3.05, 3.63) is 28.2 Å². The van der Waals surface area contributed by atoms with Gasteiger partial charge in [0.2, 0.25) is 0 Å². The van der Waals surface area contributed by atoms with Crippen molar-refractivity contribution in [2.75, 3.05) is 0 Å². The van der Waals surface area contributed by atoms with Crippen LogP contribution in [0.3, 0.4) is 0 Å². The SMILES string of the molecule is O=C(O)Cc1c(Br)ccc2[nH]c(F)nc12. The van der Waals surface area contributed by atoms with Crippen molar-refractivity contribution in [2.45, 2.75) is 6.42 Å². The molecule has 0 saturated heterocycles. The Kier molecular flexibility index (Phi) is 2.44. The fraction of sp³-hybridized carbons (Fsp3) is 0.111. The third kappa shape index (κ3) is 1.85. The van der Waals surface area contributed by atoms with E-state index in [2.05, 4.69) is 25.9 Å². The van der Waals surface area contributed by atoms with Crippen LogP contribution in [0, 0.1) is 6.08 Å². The van der Waals surface area contributed by atoms with E-state index >= 15 is 0 Å². The maximum atomic E-state index is 12.8. The minimum atomic E-state index is -0.980. The molecular weight excluding hydrogens is 267 g/mol. The van der Waals surface area contributed by atoms with E-state index < -0.39 is 12.0 Å². The zero-order valence-electron chi connectivity index (χ0n) is 7.42. The van der Waals surface area contributed by atoms with E-state index in [-0.39, 0.29) is 6.42 Å². The number of fused-ring (bicyclic) bond motifs is 1. The third-order valence-electron chi connectivity index (χ3n) is 2.00. The van der Waals surface area contributed by atoms with E-state index in [1.807, 2.05) is 0 Å². The molecule has 0 aliphatic carbocycles. The first-order valence-electron chi connectivity index (χ1n) is 4.12. The Hall–Kier alpha value is -1.43. The minimum absolute atomic E-state index is 0.192. The average Bonchev–Trinajstić information content (AvgIpc) is 2.51. The summed E-state index contributed by atoms with van der Waals surface area (Å²) in [5.74, 6) is -0.980. The van der Waals surface area contributed by atoms with Crippen molar-refractivity contribution in [3.63, 3.8) is 0 Å². The van der Waals surface area contributed by atoms with Crippen molar-refractivity contribution in [2.24, 2.45) is 0 Å². The van der Waals surface area contributed by atoms with Crippen LogP contribution in [-0.2, 0) is 11.2 Å². The number of H-pyrrole nitrogens is 1. The van der Waals surface area contributed by atoms with Gasteiger partial charge in [0.15, 0.2) is 0 Å². The molecule has 0 unspecified atom stereocenters. The van der Waals surface area contributed by atoms with Gasteiger partial charge in [0.1, 0.15) is 0 Å². The maximum Gasteiger partial charge on any atom is 0.307 e. The molecule has 0 bridgehead atoms. The molecule has 6 heteroatoms. The van der Waals surface area contributed by atoms with Crippen LogP contribution in [0.25, 0.3) is 11.0 Å². The van der Waals surface area contributed by atoms with Gasteiger partial charge in [-0.1, -0.05) is 15.9 Å². The van der Waals surface area contributed by atoms with Gasteiger partial charge in [0, 0.05) is 10.0 Å². The molecule has 1 aromatic heterocycles. The topological polar surface area (TPSA) is 66.0 Å². The van der Waals surface area contributed by atoms with Crippen LogP contribution in [0.1, 0.15) is 5.56 Å². The summed E-state index contributed by atoms with van der Waals surface area (Å²) in [5.41, 5.74) is 1.32. The van der Waals surface area contributed by atoms with E-state index in [0.29, 0.717) is 21.1 Å². The number of aliphatic carboxylic acids is 1. The Bertz CT molecular complexity index is 538. The Morgan fingerprint density at radius 1 is 1.60 bits per heavy atom. The Morgan fingerprint density at radius 3 is 3.00 bits per heavy atom. The number of nitrogens with one attached hydrogen (secondary N) is 1. The number of carbonyl (C=O) groups is 1. The molecule has 2 N–H and O–H groups in total. The summed E-state index contributed by atoms with van der Waals surface area (Å²) in [5, 5.41) is 8.71. The van der Waals surface area contributed by atoms with Crippen molar-refractivity contribution < 1.29 is 14.3 Å². The lowest BCUT2D eigenvalue weighted by molar-refractivity contribution is -0.136. The molecule has 0 aliphatic rings. The molecular formula is C9H6BrFN2O2. The Balaban J connectivity index is 2.67. The summed E-state index contributed by atoms with van der Waals surface area (Å²) in [6.07, 6.45) is -0.905. The van der Waals surface area contributed by atoms with E-state index in [9.17, 15) is 9.18 Å². The number of carboxylic acids is 1. The number of hydrogen-bond acceptors (Lipinski definition) is 2. The molecule has 2 aromatic rings. The van der Waals surface area contributed by atoms with Crippen LogP contribution in [-0.4, -0.2) is 21.0 Å². The fourth-order valence-electron chi connectivity index (χ4n) is 1.40. The normalized spacial score (nSPS) is 10.8. The number of aromatic nitrogens is 2. The lowest BCUT2D eigenvalue weighted by Gasteiger charge is -2.01. The van der Waals surface area contributed by atoms with E-state index in [1.165, 1.54) is 0 Å².